The Hall–Kier alpha value is -1.05. The second kappa shape index (κ2) is 6.21. The molecule has 0 bridgehead atoms. The molecule has 3 nitrogen and oxygen atoms in total. The van der Waals surface area contributed by atoms with Crippen LogP contribution in [-0.2, 0) is 6.42 Å². The Balaban J connectivity index is 2.14. The number of hydrogen-bond acceptors (Lipinski definition) is 3. The number of halogens is 2. The molecule has 1 heterocycles. The van der Waals surface area contributed by atoms with E-state index in [-0.39, 0.29) is 11.9 Å². The van der Waals surface area contributed by atoms with E-state index < -0.39 is 0 Å². The van der Waals surface area contributed by atoms with Crippen molar-refractivity contribution >= 4 is 22.6 Å². The molecule has 0 aliphatic carbocycles. The molecule has 1 aromatic carbocycles. The minimum atomic E-state index is -0.344. The van der Waals surface area contributed by atoms with Crippen LogP contribution < -0.4 is 11.3 Å². The van der Waals surface area contributed by atoms with Crippen LogP contribution in [0.2, 0.25) is 0 Å². The summed E-state index contributed by atoms with van der Waals surface area (Å²) >= 11 is 2.26. The van der Waals surface area contributed by atoms with Crippen LogP contribution in [0.3, 0.4) is 0 Å². The first-order valence-electron chi connectivity index (χ1n) is 5.51. The van der Waals surface area contributed by atoms with Crippen LogP contribution >= 0.6 is 22.6 Å². The first kappa shape index (κ1) is 13.4. The molecule has 3 N–H and O–H groups in total. The third kappa shape index (κ3) is 3.47. The fraction of sp³-hybridized carbons (Fsp3) is 0.154. The molecule has 2 rings (SSSR count). The molecule has 0 spiro atoms. The van der Waals surface area contributed by atoms with Crippen LogP contribution in [0.25, 0.3) is 0 Å². The maximum absolute atomic E-state index is 12.8. The van der Waals surface area contributed by atoms with Gasteiger partial charge in [0, 0.05) is 3.57 Å². The average Bonchev–Trinajstić information content (AvgIpc) is 2.39. The van der Waals surface area contributed by atoms with E-state index in [1.54, 1.807) is 6.07 Å². The smallest absolute Gasteiger partial charge is 0.141 e. The van der Waals surface area contributed by atoms with Gasteiger partial charge in [-0.15, -0.1) is 0 Å². The van der Waals surface area contributed by atoms with E-state index in [0.29, 0.717) is 6.42 Å². The Morgan fingerprint density at radius 1 is 1.22 bits per heavy atom. The third-order valence-electron chi connectivity index (χ3n) is 2.66. The molecule has 0 saturated heterocycles. The molecule has 0 saturated carbocycles. The lowest BCUT2D eigenvalue weighted by Gasteiger charge is -2.15. The number of rotatable bonds is 4. The summed E-state index contributed by atoms with van der Waals surface area (Å²) in [6.45, 7) is 0. The van der Waals surface area contributed by atoms with Crippen LogP contribution in [0.1, 0.15) is 17.3 Å². The predicted octanol–water partition coefficient (Wildman–Crippen LogP) is 2.57. The maximum Gasteiger partial charge on any atom is 0.141 e. The lowest BCUT2D eigenvalue weighted by molar-refractivity contribution is 0.533. The van der Waals surface area contributed by atoms with Crippen LogP contribution in [-0.4, -0.2) is 4.98 Å². The Labute approximate surface area is 119 Å². The van der Waals surface area contributed by atoms with Crippen LogP contribution in [0, 0.1) is 9.39 Å². The molecular formula is C13H13FIN3. The highest BCUT2D eigenvalue weighted by molar-refractivity contribution is 14.1. The van der Waals surface area contributed by atoms with E-state index in [9.17, 15) is 4.39 Å². The Kier molecular flexibility index (Phi) is 4.62. The van der Waals surface area contributed by atoms with Crippen LogP contribution in [0.5, 0.6) is 0 Å². The summed E-state index contributed by atoms with van der Waals surface area (Å²) < 4.78 is 14.0. The van der Waals surface area contributed by atoms with Crippen molar-refractivity contribution in [3.05, 3.63) is 63.2 Å². The van der Waals surface area contributed by atoms with Gasteiger partial charge in [0.1, 0.15) is 5.82 Å². The van der Waals surface area contributed by atoms with Gasteiger partial charge in [0.25, 0.3) is 0 Å². The molecule has 94 valence electrons. The molecule has 1 aromatic heterocycles. The van der Waals surface area contributed by atoms with E-state index in [4.69, 9.17) is 5.84 Å². The quantitative estimate of drug-likeness (QED) is 0.503. The van der Waals surface area contributed by atoms with Crippen molar-refractivity contribution in [1.29, 1.82) is 0 Å². The summed E-state index contributed by atoms with van der Waals surface area (Å²) in [6.07, 6.45) is 1.92. The summed E-state index contributed by atoms with van der Waals surface area (Å²) in [5.74, 6) is 5.19. The van der Waals surface area contributed by atoms with Crippen molar-refractivity contribution in [3.63, 3.8) is 0 Å². The van der Waals surface area contributed by atoms with Gasteiger partial charge in [-0.05, 0) is 58.8 Å². The van der Waals surface area contributed by atoms with Crippen molar-refractivity contribution in [2.24, 2.45) is 5.84 Å². The second-order valence-electron chi connectivity index (χ2n) is 3.95. The highest BCUT2D eigenvalue weighted by Crippen LogP contribution is 2.17. The molecular weight excluding hydrogens is 344 g/mol. The fourth-order valence-electron chi connectivity index (χ4n) is 1.70. The SMILES string of the molecule is NNC(Cc1ccc(I)cc1)c1ccc(F)cn1. The Bertz CT molecular complexity index is 499. The van der Waals surface area contributed by atoms with Gasteiger partial charge < -0.3 is 0 Å². The summed E-state index contributed by atoms with van der Waals surface area (Å²) in [5.41, 5.74) is 4.60. The Morgan fingerprint density at radius 3 is 2.50 bits per heavy atom. The second-order valence-corrected chi connectivity index (χ2v) is 5.20. The van der Waals surface area contributed by atoms with Gasteiger partial charge in [-0.3, -0.25) is 16.3 Å². The molecule has 0 aliphatic heterocycles. The first-order valence-corrected chi connectivity index (χ1v) is 6.59. The molecule has 1 unspecified atom stereocenters. The van der Waals surface area contributed by atoms with Crippen LogP contribution in [0.15, 0.2) is 42.6 Å². The molecule has 5 heteroatoms. The monoisotopic (exact) mass is 357 g/mol. The molecule has 0 amide bonds. The zero-order valence-electron chi connectivity index (χ0n) is 9.61. The van der Waals surface area contributed by atoms with Crippen LogP contribution in [0.4, 0.5) is 4.39 Å². The van der Waals surface area contributed by atoms with Gasteiger partial charge in [-0.2, -0.15) is 0 Å². The van der Waals surface area contributed by atoms with E-state index in [0.717, 1.165) is 11.3 Å². The molecule has 18 heavy (non-hydrogen) atoms. The standard InChI is InChI=1S/C13H13FIN3/c14-10-3-6-12(17-8-10)13(18-16)7-9-1-4-11(15)5-2-9/h1-6,8,13,18H,7,16H2. The number of nitrogens with two attached hydrogens (primary N) is 1. The molecule has 1 atom stereocenters. The van der Waals surface area contributed by atoms with Gasteiger partial charge in [0.2, 0.25) is 0 Å². The number of aromatic nitrogens is 1. The lowest BCUT2D eigenvalue weighted by atomic mass is 10.0. The van der Waals surface area contributed by atoms with Crippen molar-refractivity contribution in [2.75, 3.05) is 0 Å². The maximum atomic E-state index is 12.8. The van der Waals surface area contributed by atoms with Crippen molar-refractivity contribution in [1.82, 2.24) is 10.4 Å². The topological polar surface area (TPSA) is 50.9 Å². The van der Waals surface area contributed by atoms with Crippen molar-refractivity contribution in [3.8, 4) is 0 Å². The van der Waals surface area contributed by atoms with Gasteiger partial charge in [0.05, 0.1) is 17.9 Å². The van der Waals surface area contributed by atoms with Crippen molar-refractivity contribution < 1.29 is 4.39 Å². The molecule has 0 fully saturated rings. The normalized spacial score (nSPS) is 12.4. The summed E-state index contributed by atoms with van der Waals surface area (Å²) in [4.78, 5) is 4.04. The van der Waals surface area contributed by atoms with Gasteiger partial charge in [0.15, 0.2) is 0 Å². The molecule has 2 aromatic rings. The van der Waals surface area contributed by atoms with Gasteiger partial charge in [-0.25, -0.2) is 4.39 Å². The predicted molar refractivity (Wildman–Crippen MR) is 77.1 cm³/mol. The minimum absolute atomic E-state index is 0.120. The molecule has 0 aliphatic rings. The number of hydrazine groups is 1. The highest BCUT2D eigenvalue weighted by Gasteiger charge is 2.11. The van der Waals surface area contributed by atoms with Crippen molar-refractivity contribution in [2.45, 2.75) is 12.5 Å². The van der Waals surface area contributed by atoms with Gasteiger partial charge in [-0.1, -0.05) is 12.1 Å². The van der Waals surface area contributed by atoms with E-state index >= 15 is 0 Å². The lowest BCUT2D eigenvalue weighted by Crippen LogP contribution is -2.30. The zero-order chi connectivity index (χ0) is 13.0. The van der Waals surface area contributed by atoms with E-state index in [2.05, 4.69) is 45.1 Å². The largest absolute Gasteiger partial charge is 0.271 e. The number of nitrogens with one attached hydrogen (secondary N) is 1. The van der Waals surface area contributed by atoms with E-state index in [1.165, 1.54) is 15.8 Å². The minimum Gasteiger partial charge on any atom is -0.271 e. The Morgan fingerprint density at radius 2 is 1.94 bits per heavy atom. The summed E-state index contributed by atoms with van der Waals surface area (Å²) in [5, 5.41) is 0. The third-order valence-corrected chi connectivity index (χ3v) is 3.38. The summed E-state index contributed by atoms with van der Waals surface area (Å²) in [7, 11) is 0. The number of pyridine rings is 1. The number of hydrogen-bond donors (Lipinski definition) is 2. The van der Waals surface area contributed by atoms with Gasteiger partial charge >= 0.3 is 0 Å². The number of nitrogens with zero attached hydrogens (tertiary/aromatic N) is 1. The zero-order valence-corrected chi connectivity index (χ0v) is 11.8. The average molecular weight is 357 g/mol. The van der Waals surface area contributed by atoms with E-state index in [1.807, 2.05) is 12.1 Å². The fourth-order valence-corrected chi connectivity index (χ4v) is 2.06. The molecule has 0 radical (unpaired) electrons. The first-order chi connectivity index (χ1) is 8.69. The number of benzene rings is 1. The highest BCUT2D eigenvalue weighted by atomic mass is 127. The summed E-state index contributed by atoms with van der Waals surface area (Å²) in [6, 6.07) is 11.1.